The molecule has 0 amide bonds. The van der Waals surface area contributed by atoms with Crippen LogP contribution in [0.3, 0.4) is 0 Å². The fraction of sp³-hybridized carbons (Fsp3) is 0.133. The van der Waals surface area contributed by atoms with Crippen molar-refractivity contribution >= 4 is 17.9 Å². The number of carbonyl (C=O) groups is 1. The zero-order valence-corrected chi connectivity index (χ0v) is 11.2. The second-order valence-electron chi connectivity index (χ2n) is 4.38. The van der Waals surface area contributed by atoms with E-state index in [1.165, 1.54) is 6.07 Å². The number of benzene rings is 2. The summed E-state index contributed by atoms with van der Waals surface area (Å²) < 4.78 is 37.8. The number of halogens is 4. The van der Waals surface area contributed by atoms with Crippen molar-refractivity contribution in [2.24, 2.45) is 0 Å². The van der Waals surface area contributed by atoms with Crippen LogP contribution in [-0.4, -0.2) is 6.29 Å². The molecule has 0 saturated heterocycles. The van der Waals surface area contributed by atoms with Gasteiger partial charge in [-0.1, -0.05) is 23.7 Å². The Hall–Kier alpha value is -1.81. The molecule has 104 valence electrons. The maximum Gasteiger partial charge on any atom is 0.416 e. The van der Waals surface area contributed by atoms with E-state index in [0.29, 0.717) is 33.6 Å². The molecule has 0 fully saturated rings. The lowest BCUT2D eigenvalue weighted by atomic mass is 9.97. The minimum Gasteiger partial charge on any atom is -0.298 e. The van der Waals surface area contributed by atoms with Crippen molar-refractivity contribution in [2.75, 3.05) is 0 Å². The molecule has 0 spiro atoms. The van der Waals surface area contributed by atoms with Crippen LogP contribution in [-0.2, 0) is 6.18 Å². The predicted octanol–water partition coefficient (Wildman–Crippen LogP) is 5.15. The Kier molecular flexibility index (Phi) is 3.86. The Morgan fingerprint density at radius 1 is 1.10 bits per heavy atom. The molecule has 0 bridgehead atoms. The van der Waals surface area contributed by atoms with Gasteiger partial charge >= 0.3 is 6.18 Å². The summed E-state index contributed by atoms with van der Waals surface area (Å²) in [4.78, 5) is 10.8. The molecular weight excluding hydrogens is 289 g/mol. The summed E-state index contributed by atoms with van der Waals surface area (Å²) in [5.74, 6) is 0. The molecule has 0 aromatic heterocycles. The lowest BCUT2D eigenvalue weighted by molar-refractivity contribution is -0.137. The number of aldehydes is 1. The number of rotatable bonds is 2. The first kappa shape index (κ1) is 14.6. The molecule has 5 heteroatoms. The standard InChI is InChI=1S/C15H10ClF3O/c1-9-6-12(15(17,18)19)3-4-13(9)10-2-5-14(16)11(7-10)8-20/h2-8H,1H3. The monoisotopic (exact) mass is 298 g/mol. The van der Waals surface area contributed by atoms with Crippen LogP contribution in [0.15, 0.2) is 36.4 Å². The molecule has 2 aromatic rings. The van der Waals surface area contributed by atoms with Crippen molar-refractivity contribution in [2.45, 2.75) is 13.1 Å². The molecular formula is C15H10ClF3O. The summed E-state index contributed by atoms with van der Waals surface area (Å²) in [7, 11) is 0. The Morgan fingerprint density at radius 3 is 2.35 bits per heavy atom. The summed E-state index contributed by atoms with van der Waals surface area (Å²) in [6, 6.07) is 8.30. The Morgan fingerprint density at radius 2 is 1.80 bits per heavy atom. The van der Waals surface area contributed by atoms with Crippen LogP contribution in [0.25, 0.3) is 11.1 Å². The van der Waals surface area contributed by atoms with Crippen molar-refractivity contribution in [1.29, 1.82) is 0 Å². The average molecular weight is 299 g/mol. The largest absolute Gasteiger partial charge is 0.416 e. The molecule has 20 heavy (non-hydrogen) atoms. The van der Waals surface area contributed by atoms with E-state index in [1.54, 1.807) is 25.1 Å². The number of alkyl halides is 3. The first-order chi connectivity index (χ1) is 9.32. The third kappa shape index (κ3) is 2.85. The highest BCUT2D eigenvalue weighted by molar-refractivity contribution is 6.33. The molecule has 0 aliphatic carbocycles. The van der Waals surface area contributed by atoms with Gasteiger partial charge in [-0.2, -0.15) is 13.2 Å². The molecule has 0 aliphatic heterocycles. The zero-order valence-electron chi connectivity index (χ0n) is 10.5. The molecule has 2 aromatic carbocycles. The van der Waals surface area contributed by atoms with Crippen molar-refractivity contribution in [3.8, 4) is 11.1 Å². The lowest BCUT2D eigenvalue weighted by Crippen LogP contribution is -2.05. The van der Waals surface area contributed by atoms with Gasteiger partial charge in [0.2, 0.25) is 0 Å². The van der Waals surface area contributed by atoms with Crippen molar-refractivity contribution in [3.63, 3.8) is 0 Å². The third-order valence-corrected chi connectivity index (χ3v) is 3.33. The number of aryl methyl sites for hydroxylation is 1. The molecule has 0 atom stereocenters. The normalized spacial score (nSPS) is 11.4. The van der Waals surface area contributed by atoms with Crippen LogP contribution < -0.4 is 0 Å². The molecule has 0 heterocycles. The van der Waals surface area contributed by atoms with Crippen LogP contribution >= 0.6 is 11.6 Å². The van der Waals surface area contributed by atoms with E-state index >= 15 is 0 Å². The highest BCUT2D eigenvalue weighted by Gasteiger charge is 2.30. The van der Waals surface area contributed by atoms with Crippen LogP contribution in [0.2, 0.25) is 5.02 Å². The molecule has 0 saturated carbocycles. The van der Waals surface area contributed by atoms with Crippen molar-refractivity contribution < 1.29 is 18.0 Å². The topological polar surface area (TPSA) is 17.1 Å². The fourth-order valence-corrected chi connectivity index (χ4v) is 2.13. The maximum atomic E-state index is 12.6. The average Bonchev–Trinajstić information content (AvgIpc) is 2.38. The second-order valence-corrected chi connectivity index (χ2v) is 4.79. The van der Waals surface area contributed by atoms with Gasteiger partial charge in [-0.3, -0.25) is 4.79 Å². The van der Waals surface area contributed by atoms with E-state index in [2.05, 4.69) is 0 Å². The van der Waals surface area contributed by atoms with E-state index in [0.717, 1.165) is 12.1 Å². The summed E-state index contributed by atoms with van der Waals surface area (Å²) >= 11 is 5.83. The Balaban J connectivity index is 2.51. The van der Waals surface area contributed by atoms with Gasteiger partial charge in [0.1, 0.15) is 0 Å². The van der Waals surface area contributed by atoms with Crippen molar-refractivity contribution in [3.05, 3.63) is 58.1 Å². The van der Waals surface area contributed by atoms with Crippen LogP contribution in [0.4, 0.5) is 13.2 Å². The van der Waals surface area contributed by atoms with E-state index in [9.17, 15) is 18.0 Å². The highest BCUT2D eigenvalue weighted by atomic mass is 35.5. The van der Waals surface area contributed by atoms with E-state index in [4.69, 9.17) is 11.6 Å². The maximum absolute atomic E-state index is 12.6. The van der Waals surface area contributed by atoms with Crippen molar-refractivity contribution in [1.82, 2.24) is 0 Å². The molecule has 0 aliphatic rings. The van der Waals surface area contributed by atoms with Gasteiger partial charge in [-0.25, -0.2) is 0 Å². The second kappa shape index (κ2) is 5.29. The lowest BCUT2D eigenvalue weighted by Gasteiger charge is -2.12. The summed E-state index contributed by atoms with van der Waals surface area (Å²) in [6.45, 7) is 1.60. The van der Waals surface area contributed by atoms with Gasteiger partial charge in [0.25, 0.3) is 0 Å². The van der Waals surface area contributed by atoms with Gasteiger partial charge in [0, 0.05) is 5.56 Å². The smallest absolute Gasteiger partial charge is 0.298 e. The first-order valence-corrected chi connectivity index (χ1v) is 6.13. The summed E-state index contributed by atoms with van der Waals surface area (Å²) in [6.07, 6.45) is -3.75. The van der Waals surface area contributed by atoms with Gasteiger partial charge in [0.05, 0.1) is 10.6 Å². The number of carbonyl (C=O) groups excluding carboxylic acids is 1. The minimum absolute atomic E-state index is 0.309. The first-order valence-electron chi connectivity index (χ1n) is 5.76. The van der Waals surface area contributed by atoms with Crippen LogP contribution in [0, 0.1) is 6.92 Å². The zero-order chi connectivity index (χ0) is 14.9. The minimum atomic E-state index is -4.36. The van der Waals surface area contributed by atoms with Gasteiger partial charge < -0.3 is 0 Å². The molecule has 0 unspecified atom stereocenters. The molecule has 0 N–H and O–H groups in total. The van der Waals surface area contributed by atoms with Gasteiger partial charge in [-0.15, -0.1) is 0 Å². The highest BCUT2D eigenvalue weighted by Crippen LogP contribution is 2.33. The van der Waals surface area contributed by atoms with E-state index in [-0.39, 0.29) is 0 Å². The van der Waals surface area contributed by atoms with Gasteiger partial charge in [0.15, 0.2) is 6.29 Å². The summed E-state index contributed by atoms with van der Waals surface area (Å²) in [5.41, 5.74) is 1.39. The Bertz CT molecular complexity index is 663. The van der Waals surface area contributed by atoms with Crippen LogP contribution in [0.5, 0.6) is 0 Å². The quantitative estimate of drug-likeness (QED) is 0.701. The molecule has 0 radical (unpaired) electrons. The van der Waals surface area contributed by atoms with Gasteiger partial charge in [-0.05, 0) is 47.9 Å². The van der Waals surface area contributed by atoms with E-state index < -0.39 is 11.7 Å². The van der Waals surface area contributed by atoms with Crippen LogP contribution in [0.1, 0.15) is 21.5 Å². The summed E-state index contributed by atoms with van der Waals surface area (Å²) in [5, 5.41) is 0.313. The third-order valence-electron chi connectivity index (χ3n) is 2.99. The SMILES string of the molecule is Cc1cc(C(F)(F)F)ccc1-c1ccc(Cl)c(C=O)c1. The predicted molar refractivity (Wildman–Crippen MR) is 72.0 cm³/mol. The molecule has 2 rings (SSSR count). The number of hydrogen-bond donors (Lipinski definition) is 0. The van der Waals surface area contributed by atoms with E-state index in [1.807, 2.05) is 0 Å². The Labute approximate surface area is 119 Å². The number of hydrogen-bond acceptors (Lipinski definition) is 1. The fourth-order valence-electron chi connectivity index (χ4n) is 1.97. The molecule has 1 nitrogen and oxygen atoms in total.